The minimum Gasteiger partial charge on any atom is -0.393 e. The van der Waals surface area contributed by atoms with Crippen LogP contribution in [0.2, 0.25) is 0 Å². The normalized spacial score (nSPS) is 31.2. The van der Waals surface area contributed by atoms with Crippen LogP contribution in [0, 0.1) is 5.92 Å². The molecule has 136 valence electrons. The second-order valence-electron chi connectivity index (χ2n) is 8.18. The summed E-state index contributed by atoms with van der Waals surface area (Å²) in [5.41, 5.74) is 1.24. The van der Waals surface area contributed by atoms with E-state index in [0.29, 0.717) is 24.5 Å². The van der Waals surface area contributed by atoms with Crippen LogP contribution >= 0.6 is 0 Å². The first-order chi connectivity index (χ1) is 12.2. The van der Waals surface area contributed by atoms with E-state index in [-0.39, 0.29) is 18.1 Å². The fourth-order valence-electron chi connectivity index (χ4n) is 5.31. The molecule has 1 saturated carbocycles. The standard InChI is InChI=1S/C21H30N2O2/c24-19-12-17-10-11-18(13-19)23(17)14-20(25)22-21(16-8-4-5-9-16)15-6-2-1-3-7-15/h1-3,6-7,16-19,21,24H,4-5,8-14H2,(H,22,25). The third-order valence-electron chi connectivity index (χ3n) is 6.53. The van der Waals surface area contributed by atoms with Crippen molar-refractivity contribution in [2.24, 2.45) is 5.92 Å². The Kier molecular flexibility index (Phi) is 5.09. The monoisotopic (exact) mass is 342 g/mol. The number of benzene rings is 1. The van der Waals surface area contributed by atoms with Crippen LogP contribution in [-0.4, -0.2) is 40.6 Å². The van der Waals surface area contributed by atoms with Crippen molar-refractivity contribution >= 4 is 5.91 Å². The number of piperidine rings is 1. The molecule has 3 unspecified atom stereocenters. The summed E-state index contributed by atoms with van der Waals surface area (Å²) in [7, 11) is 0. The maximum Gasteiger partial charge on any atom is 0.234 e. The van der Waals surface area contributed by atoms with Crippen molar-refractivity contribution in [3.8, 4) is 0 Å². The summed E-state index contributed by atoms with van der Waals surface area (Å²) in [6.45, 7) is 0.484. The summed E-state index contributed by atoms with van der Waals surface area (Å²) in [6.07, 6.45) is 8.70. The summed E-state index contributed by atoms with van der Waals surface area (Å²) >= 11 is 0. The van der Waals surface area contributed by atoms with E-state index in [9.17, 15) is 9.90 Å². The van der Waals surface area contributed by atoms with Gasteiger partial charge in [-0.3, -0.25) is 9.69 Å². The molecular weight excluding hydrogens is 312 g/mol. The molecule has 2 heterocycles. The highest BCUT2D eigenvalue weighted by Crippen LogP contribution is 2.37. The van der Waals surface area contributed by atoms with Gasteiger partial charge in [-0.15, -0.1) is 0 Å². The molecule has 2 saturated heterocycles. The number of rotatable bonds is 5. The Morgan fingerprint density at radius 3 is 2.36 bits per heavy atom. The summed E-state index contributed by atoms with van der Waals surface area (Å²) < 4.78 is 0. The van der Waals surface area contributed by atoms with Crippen LogP contribution in [0.3, 0.4) is 0 Å². The zero-order valence-corrected chi connectivity index (χ0v) is 14.9. The van der Waals surface area contributed by atoms with Gasteiger partial charge in [0, 0.05) is 12.1 Å². The van der Waals surface area contributed by atoms with Crippen molar-refractivity contribution in [2.45, 2.75) is 75.6 Å². The zero-order valence-electron chi connectivity index (χ0n) is 14.9. The van der Waals surface area contributed by atoms with Crippen LogP contribution < -0.4 is 5.32 Å². The number of aliphatic hydroxyl groups excluding tert-OH is 1. The number of hydrogen-bond acceptors (Lipinski definition) is 3. The highest BCUT2D eigenvalue weighted by Gasteiger charge is 2.41. The molecule has 1 amide bonds. The van der Waals surface area contributed by atoms with E-state index in [4.69, 9.17) is 0 Å². The number of fused-ring (bicyclic) bond motifs is 2. The Morgan fingerprint density at radius 1 is 1.08 bits per heavy atom. The van der Waals surface area contributed by atoms with Crippen molar-refractivity contribution in [3.63, 3.8) is 0 Å². The number of nitrogens with one attached hydrogen (secondary N) is 1. The lowest BCUT2D eigenvalue weighted by molar-refractivity contribution is -0.125. The van der Waals surface area contributed by atoms with Gasteiger partial charge in [0.2, 0.25) is 5.91 Å². The lowest BCUT2D eigenvalue weighted by atomic mass is 9.91. The fourth-order valence-corrected chi connectivity index (χ4v) is 5.31. The number of carbonyl (C=O) groups excluding carboxylic acids is 1. The maximum absolute atomic E-state index is 12.8. The minimum absolute atomic E-state index is 0.143. The van der Waals surface area contributed by atoms with Gasteiger partial charge in [-0.25, -0.2) is 0 Å². The molecule has 1 aliphatic carbocycles. The predicted octanol–water partition coefficient (Wildman–Crippen LogP) is 3.02. The molecule has 3 atom stereocenters. The van der Waals surface area contributed by atoms with Gasteiger partial charge in [0.05, 0.1) is 18.7 Å². The summed E-state index contributed by atoms with van der Waals surface area (Å²) in [5.74, 6) is 0.709. The Hall–Kier alpha value is -1.39. The molecule has 0 aromatic heterocycles. The van der Waals surface area contributed by atoms with Crippen molar-refractivity contribution < 1.29 is 9.90 Å². The molecule has 2 bridgehead atoms. The van der Waals surface area contributed by atoms with Crippen molar-refractivity contribution in [3.05, 3.63) is 35.9 Å². The number of amides is 1. The summed E-state index contributed by atoms with van der Waals surface area (Å²) in [4.78, 5) is 15.2. The topological polar surface area (TPSA) is 52.6 Å². The SMILES string of the molecule is O=C(CN1C2CCC1CC(O)C2)NC(c1ccccc1)C1CCCC1. The van der Waals surface area contributed by atoms with E-state index < -0.39 is 0 Å². The van der Waals surface area contributed by atoms with Gasteiger partial charge < -0.3 is 10.4 Å². The molecule has 4 rings (SSSR count). The average molecular weight is 342 g/mol. The quantitative estimate of drug-likeness (QED) is 0.865. The predicted molar refractivity (Wildman–Crippen MR) is 98.0 cm³/mol. The second-order valence-corrected chi connectivity index (χ2v) is 8.18. The lowest BCUT2D eigenvalue weighted by Gasteiger charge is -2.37. The van der Waals surface area contributed by atoms with E-state index >= 15 is 0 Å². The highest BCUT2D eigenvalue weighted by atomic mass is 16.3. The minimum atomic E-state index is -0.174. The van der Waals surface area contributed by atoms with Gasteiger partial charge in [0.25, 0.3) is 0 Å². The van der Waals surface area contributed by atoms with E-state index in [1.165, 1.54) is 31.2 Å². The molecule has 0 radical (unpaired) electrons. The Balaban J connectivity index is 1.42. The second kappa shape index (κ2) is 7.46. The zero-order chi connectivity index (χ0) is 17.2. The Bertz CT molecular complexity index is 571. The first-order valence-electron chi connectivity index (χ1n) is 9.99. The smallest absolute Gasteiger partial charge is 0.234 e. The molecule has 25 heavy (non-hydrogen) atoms. The number of aliphatic hydroxyl groups is 1. The molecule has 4 heteroatoms. The van der Waals surface area contributed by atoms with Gasteiger partial charge >= 0.3 is 0 Å². The van der Waals surface area contributed by atoms with Crippen molar-refractivity contribution in [1.82, 2.24) is 10.2 Å². The van der Waals surface area contributed by atoms with Crippen LogP contribution in [0.25, 0.3) is 0 Å². The van der Waals surface area contributed by atoms with Crippen LogP contribution in [-0.2, 0) is 4.79 Å². The molecule has 0 spiro atoms. The molecule has 1 aromatic carbocycles. The Morgan fingerprint density at radius 2 is 1.72 bits per heavy atom. The van der Waals surface area contributed by atoms with E-state index in [2.05, 4.69) is 34.5 Å². The van der Waals surface area contributed by atoms with Gasteiger partial charge in [0.15, 0.2) is 0 Å². The summed E-state index contributed by atoms with van der Waals surface area (Å²) in [6, 6.07) is 11.4. The molecule has 3 aliphatic rings. The molecular formula is C21H30N2O2. The van der Waals surface area contributed by atoms with Crippen molar-refractivity contribution in [1.29, 1.82) is 0 Å². The first kappa shape index (κ1) is 17.0. The fraction of sp³-hybridized carbons (Fsp3) is 0.667. The summed E-state index contributed by atoms with van der Waals surface area (Å²) in [5, 5.41) is 13.3. The molecule has 1 aromatic rings. The van der Waals surface area contributed by atoms with Gasteiger partial charge in [-0.05, 0) is 50.0 Å². The number of carbonyl (C=O) groups is 1. The number of hydrogen-bond donors (Lipinski definition) is 2. The maximum atomic E-state index is 12.8. The molecule has 3 fully saturated rings. The molecule has 2 aliphatic heterocycles. The van der Waals surface area contributed by atoms with Gasteiger partial charge in [-0.1, -0.05) is 43.2 Å². The van der Waals surface area contributed by atoms with Crippen LogP contribution in [0.5, 0.6) is 0 Å². The molecule has 2 N–H and O–H groups in total. The van der Waals surface area contributed by atoms with Gasteiger partial charge in [0.1, 0.15) is 0 Å². The lowest BCUT2D eigenvalue weighted by Crippen LogP contribution is -2.49. The van der Waals surface area contributed by atoms with Crippen LogP contribution in [0.4, 0.5) is 0 Å². The van der Waals surface area contributed by atoms with Crippen molar-refractivity contribution in [2.75, 3.05) is 6.54 Å². The third kappa shape index (κ3) is 3.75. The van der Waals surface area contributed by atoms with Gasteiger partial charge in [-0.2, -0.15) is 0 Å². The number of nitrogens with zero attached hydrogens (tertiary/aromatic N) is 1. The van der Waals surface area contributed by atoms with Crippen LogP contribution in [0.1, 0.15) is 63.0 Å². The van der Waals surface area contributed by atoms with Crippen LogP contribution in [0.15, 0.2) is 30.3 Å². The first-order valence-corrected chi connectivity index (χ1v) is 9.99. The molecule has 4 nitrogen and oxygen atoms in total. The van der Waals surface area contributed by atoms with E-state index in [0.717, 1.165) is 25.7 Å². The van der Waals surface area contributed by atoms with E-state index in [1.54, 1.807) is 0 Å². The third-order valence-corrected chi connectivity index (χ3v) is 6.53. The Labute approximate surface area is 150 Å². The van der Waals surface area contributed by atoms with E-state index in [1.807, 2.05) is 6.07 Å². The largest absolute Gasteiger partial charge is 0.393 e. The average Bonchev–Trinajstić information content (AvgIpc) is 3.21. The highest BCUT2D eigenvalue weighted by molar-refractivity contribution is 5.78.